The standard InChI is InChI=1S/C25H30F2N8OS/c1-37(36)31-21-6-5-20(23(29-21)34-13-9-24(7-8-24)10-14-34)35-17-19(30-32-35)18-3-2-4-22(28-18)33-15-11-25(26,27)12-16-33/h2-6,17H,7-16H2,1H3,(H,29,31). The Hall–Kier alpha value is -3.15. The molecular weight excluding hydrogens is 498 g/mol. The molecule has 1 aliphatic carbocycles. The van der Waals surface area contributed by atoms with E-state index >= 15 is 0 Å². The lowest BCUT2D eigenvalue weighted by atomic mass is 9.94. The summed E-state index contributed by atoms with van der Waals surface area (Å²) in [6.45, 7) is 2.37. The zero-order valence-electron chi connectivity index (χ0n) is 20.7. The van der Waals surface area contributed by atoms with Gasteiger partial charge in [-0.05, 0) is 55.4 Å². The Labute approximate surface area is 216 Å². The molecular formula is C25H30F2N8OS. The Balaban J connectivity index is 1.27. The molecule has 6 rings (SSSR count). The molecule has 2 aliphatic heterocycles. The minimum absolute atomic E-state index is 0.168. The number of alkyl halides is 2. The zero-order valence-corrected chi connectivity index (χ0v) is 21.6. The van der Waals surface area contributed by atoms with Crippen LogP contribution < -0.4 is 14.5 Å². The number of piperidine rings is 2. The highest BCUT2D eigenvalue weighted by Crippen LogP contribution is 2.54. The third-order valence-corrected chi connectivity index (χ3v) is 8.24. The Morgan fingerprint density at radius 3 is 2.32 bits per heavy atom. The van der Waals surface area contributed by atoms with Crippen LogP contribution in [0.2, 0.25) is 0 Å². The van der Waals surface area contributed by atoms with Gasteiger partial charge in [-0.2, -0.15) is 0 Å². The summed E-state index contributed by atoms with van der Waals surface area (Å²) < 4.78 is 43.5. The van der Waals surface area contributed by atoms with Crippen LogP contribution in [-0.2, 0) is 11.0 Å². The maximum Gasteiger partial charge on any atom is 0.251 e. The molecule has 1 saturated carbocycles. The van der Waals surface area contributed by atoms with Crippen molar-refractivity contribution in [1.29, 1.82) is 0 Å². The number of anilines is 3. The fourth-order valence-electron chi connectivity index (χ4n) is 5.23. The third-order valence-electron chi connectivity index (χ3n) is 7.74. The van der Waals surface area contributed by atoms with Gasteiger partial charge in [-0.3, -0.25) is 4.72 Å². The Morgan fingerprint density at radius 1 is 0.892 bits per heavy atom. The molecule has 0 bridgehead atoms. The molecule has 5 heterocycles. The van der Waals surface area contributed by atoms with Crippen molar-refractivity contribution in [3.05, 3.63) is 36.5 Å². The predicted molar refractivity (Wildman–Crippen MR) is 140 cm³/mol. The maximum absolute atomic E-state index is 13.6. The molecule has 12 heteroatoms. The number of nitrogens with one attached hydrogen (secondary N) is 1. The van der Waals surface area contributed by atoms with E-state index in [-0.39, 0.29) is 25.9 Å². The molecule has 3 aromatic heterocycles. The van der Waals surface area contributed by atoms with Crippen molar-refractivity contribution in [2.75, 3.05) is 47.0 Å². The molecule has 196 valence electrons. The Bertz CT molecular complexity index is 1310. The normalized spacial score (nSPS) is 21.2. The second-order valence-corrected chi connectivity index (χ2v) is 11.5. The van der Waals surface area contributed by atoms with Crippen molar-refractivity contribution in [2.45, 2.75) is 44.4 Å². The van der Waals surface area contributed by atoms with Gasteiger partial charge in [-0.1, -0.05) is 11.3 Å². The molecule has 3 aliphatic rings. The lowest BCUT2D eigenvalue weighted by molar-refractivity contribution is -0.0221. The second kappa shape index (κ2) is 9.30. The molecule has 3 aromatic rings. The van der Waals surface area contributed by atoms with Crippen LogP contribution in [0.15, 0.2) is 36.5 Å². The fourth-order valence-corrected chi connectivity index (χ4v) is 5.64. The summed E-state index contributed by atoms with van der Waals surface area (Å²) in [6.07, 6.45) is 7.98. The number of halogens is 2. The van der Waals surface area contributed by atoms with Gasteiger partial charge in [0.2, 0.25) is 0 Å². The van der Waals surface area contributed by atoms with Crippen LogP contribution in [0, 0.1) is 5.41 Å². The highest BCUT2D eigenvalue weighted by atomic mass is 32.2. The van der Waals surface area contributed by atoms with Gasteiger partial charge in [0.15, 0.2) is 5.82 Å². The van der Waals surface area contributed by atoms with Crippen molar-refractivity contribution in [3.63, 3.8) is 0 Å². The minimum Gasteiger partial charge on any atom is -0.356 e. The van der Waals surface area contributed by atoms with E-state index in [9.17, 15) is 13.0 Å². The van der Waals surface area contributed by atoms with E-state index in [1.807, 2.05) is 35.4 Å². The summed E-state index contributed by atoms with van der Waals surface area (Å²) in [5.74, 6) is -0.616. The van der Waals surface area contributed by atoms with E-state index < -0.39 is 16.9 Å². The topological polar surface area (TPSA) is 92.1 Å². The third kappa shape index (κ3) is 5.16. The van der Waals surface area contributed by atoms with Gasteiger partial charge in [-0.25, -0.2) is 27.6 Å². The summed E-state index contributed by atoms with van der Waals surface area (Å²) in [5.41, 5.74) is 2.53. The molecule has 0 amide bonds. The van der Waals surface area contributed by atoms with Gasteiger partial charge in [0, 0.05) is 45.3 Å². The van der Waals surface area contributed by atoms with E-state index in [1.54, 1.807) is 17.0 Å². The van der Waals surface area contributed by atoms with E-state index in [0.717, 1.165) is 37.4 Å². The van der Waals surface area contributed by atoms with Crippen molar-refractivity contribution in [2.24, 2.45) is 5.41 Å². The van der Waals surface area contributed by atoms with Crippen LogP contribution in [0.25, 0.3) is 17.1 Å². The first kappa shape index (κ1) is 24.2. The molecule has 37 heavy (non-hydrogen) atoms. The van der Waals surface area contributed by atoms with Gasteiger partial charge in [0.05, 0.1) is 11.9 Å². The summed E-state index contributed by atoms with van der Waals surface area (Å²) in [6, 6.07) is 9.25. The number of pyridine rings is 2. The monoisotopic (exact) mass is 528 g/mol. The maximum atomic E-state index is 13.6. The first-order chi connectivity index (χ1) is 17.8. The molecule has 0 aromatic carbocycles. The van der Waals surface area contributed by atoms with Crippen LogP contribution in [0.4, 0.5) is 26.2 Å². The lowest BCUT2D eigenvalue weighted by Crippen LogP contribution is -2.39. The largest absolute Gasteiger partial charge is 0.356 e. The van der Waals surface area contributed by atoms with Crippen LogP contribution in [0.1, 0.15) is 38.5 Å². The van der Waals surface area contributed by atoms with Crippen molar-refractivity contribution < 1.29 is 13.0 Å². The van der Waals surface area contributed by atoms with E-state index in [4.69, 9.17) is 9.97 Å². The summed E-state index contributed by atoms with van der Waals surface area (Å²) in [4.78, 5) is 13.7. The number of hydrogen-bond acceptors (Lipinski definition) is 7. The molecule has 2 saturated heterocycles. The Kier molecular flexibility index (Phi) is 6.09. The average molecular weight is 529 g/mol. The highest BCUT2D eigenvalue weighted by molar-refractivity contribution is 7.85. The molecule has 1 atom stereocenters. The lowest BCUT2D eigenvalue weighted by Gasteiger charge is -2.34. The SMILES string of the molecule is CS(=O)Nc1ccc(-n2cc(-c3cccc(N4CCC(F)(F)CC4)n3)nn2)c(N2CCC3(CC2)CC3)n1. The second-order valence-electron chi connectivity index (χ2n) is 10.4. The Morgan fingerprint density at radius 2 is 1.62 bits per heavy atom. The van der Waals surface area contributed by atoms with Crippen molar-refractivity contribution >= 4 is 28.4 Å². The van der Waals surface area contributed by atoms with E-state index in [1.165, 1.54) is 12.8 Å². The van der Waals surface area contributed by atoms with Crippen LogP contribution in [0.5, 0.6) is 0 Å². The van der Waals surface area contributed by atoms with Crippen molar-refractivity contribution in [1.82, 2.24) is 25.0 Å². The predicted octanol–water partition coefficient (Wildman–Crippen LogP) is 4.05. The summed E-state index contributed by atoms with van der Waals surface area (Å²) in [5, 5.41) is 8.74. The van der Waals surface area contributed by atoms with Crippen LogP contribution in [0.3, 0.4) is 0 Å². The van der Waals surface area contributed by atoms with E-state index in [2.05, 4.69) is 19.9 Å². The van der Waals surface area contributed by atoms with Gasteiger partial charge in [0.25, 0.3) is 5.92 Å². The van der Waals surface area contributed by atoms with Gasteiger partial charge in [0.1, 0.15) is 34.0 Å². The van der Waals surface area contributed by atoms with Crippen LogP contribution in [-0.4, -0.2) is 67.5 Å². The molecule has 1 N–H and O–H groups in total. The molecule has 1 spiro atoms. The summed E-state index contributed by atoms with van der Waals surface area (Å²) >= 11 is 0. The molecule has 1 unspecified atom stereocenters. The molecule has 9 nitrogen and oxygen atoms in total. The number of rotatable bonds is 6. The minimum atomic E-state index is -2.60. The molecule has 3 fully saturated rings. The first-order valence-electron chi connectivity index (χ1n) is 12.7. The van der Waals surface area contributed by atoms with Gasteiger partial charge in [-0.15, -0.1) is 5.10 Å². The van der Waals surface area contributed by atoms with Crippen molar-refractivity contribution in [3.8, 4) is 17.1 Å². The number of nitrogens with zero attached hydrogens (tertiary/aromatic N) is 7. The molecule has 0 radical (unpaired) electrons. The smallest absolute Gasteiger partial charge is 0.251 e. The highest BCUT2D eigenvalue weighted by Gasteiger charge is 2.45. The first-order valence-corrected chi connectivity index (χ1v) is 14.2. The average Bonchev–Trinajstić information content (AvgIpc) is 3.44. The van der Waals surface area contributed by atoms with E-state index in [0.29, 0.717) is 28.4 Å². The quantitative estimate of drug-likeness (QED) is 0.516. The zero-order chi connectivity index (χ0) is 25.6. The van der Waals surface area contributed by atoms with Gasteiger partial charge >= 0.3 is 0 Å². The number of hydrogen-bond donors (Lipinski definition) is 1. The summed E-state index contributed by atoms with van der Waals surface area (Å²) in [7, 11) is -1.23. The number of aromatic nitrogens is 5. The van der Waals surface area contributed by atoms with Gasteiger partial charge < -0.3 is 9.80 Å². The van der Waals surface area contributed by atoms with Crippen LogP contribution >= 0.6 is 0 Å². The fraction of sp³-hybridized carbons (Fsp3) is 0.520.